The van der Waals surface area contributed by atoms with E-state index in [1.54, 1.807) is 0 Å². The third-order valence-electron chi connectivity index (χ3n) is 2.84. The summed E-state index contributed by atoms with van der Waals surface area (Å²) in [6.07, 6.45) is 0.118. The van der Waals surface area contributed by atoms with Gasteiger partial charge in [-0.1, -0.05) is 30.3 Å². The first-order valence-corrected chi connectivity index (χ1v) is 5.99. The maximum atomic E-state index is 11.8. The molecule has 1 aromatic carbocycles. The number of benzene rings is 1. The van der Waals surface area contributed by atoms with Crippen LogP contribution in [0.5, 0.6) is 0 Å². The summed E-state index contributed by atoms with van der Waals surface area (Å²) >= 11 is 0. The zero-order chi connectivity index (χ0) is 13.7. The van der Waals surface area contributed by atoms with E-state index < -0.39 is 6.09 Å². The SMILES string of the molecule is O=C=C1C(=O)CCCN1C(=O)OCc1ccccc1. The quantitative estimate of drug-likeness (QED) is 0.599. The fraction of sp³-hybridized carbons (Fsp3) is 0.286. The summed E-state index contributed by atoms with van der Waals surface area (Å²) in [5.74, 6) is 1.16. The van der Waals surface area contributed by atoms with Gasteiger partial charge in [0.1, 0.15) is 6.61 Å². The van der Waals surface area contributed by atoms with Gasteiger partial charge in [0.25, 0.3) is 0 Å². The number of piperidine rings is 1. The Morgan fingerprint density at radius 2 is 2.05 bits per heavy atom. The average Bonchev–Trinajstić information content (AvgIpc) is 2.45. The highest BCUT2D eigenvalue weighted by molar-refractivity contribution is 6.05. The van der Waals surface area contributed by atoms with Crippen LogP contribution in [-0.2, 0) is 20.9 Å². The van der Waals surface area contributed by atoms with Crippen LogP contribution >= 0.6 is 0 Å². The van der Waals surface area contributed by atoms with Gasteiger partial charge in [-0.05, 0) is 12.0 Å². The standard InChI is InChI=1S/C14H13NO4/c16-9-12-13(17)7-4-8-15(12)14(18)19-10-11-5-2-1-3-6-11/h1-3,5-6H,4,7-8,10H2. The van der Waals surface area contributed by atoms with Crippen LogP contribution in [0.3, 0.4) is 0 Å². The van der Waals surface area contributed by atoms with Crippen LogP contribution in [0.4, 0.5) is 4.79 Å². The van der Waals surface area contributed by atoms with Gasteiger partial charge in [0.05, 0.1) is 0 Å². The molecule has 1 aliphatic heterocycles. The van der Waals surface area contributed by atoms with Crippen molar-refractivity contribution >= 4 is 17.8 Å². The second-order valence-electron chi connectivity index (χ2n) is 4.17. The van der Waals surface area contributed by atoms with E-state index in [0.29, 0.717) is 13.0 Å². The monoisotopic (exact) mass is 259 g/mol. The van der Waals surface area contributed by atoms with Gasteiger partial charge in [0, 0.05) is 13.0 Å². The number of allylic oxidation sites excluding steroid dienone is 1. The van der Waals surface area contributed by atoms with Gasteiger partial charge < -0.3 is 4.74 Å². The molecule has 0 aromatic heterocycles. The van der Waals surface area contributed by atoms with Gasteiger partial charge in [0.15, 0.2) is 17.4 Å². The Labute approximate surface area is 110 Å². The Balaban J connectivity index is 1.99. The molecule has 0 atom stereocenters. The number of carbonyl (C=O) groups is 2. The van der Waals surface area contributed by atoms with Crippen LogP contribution in [0.25, 0.3) is 0 Å². The number of nitrogens with zero attached hydrogens (tertiary/aromatic N) is 1. The van der Waals surface area contributed by atoms with Crippen molar-refractivity contribution in [3.05, 3.63) is 41.6 Å². The second-order valence-corrected chi connectivity index (χ2v) is 4.17. The van der Waals surface area contributed by atoms with Crippen molar-refractivity contribution in [2.45, 2.75) is 19.4 Å². The van der Waals surface area contributed by atoms with Crippen LogP contribution in [0.1, 0.15) is 18.4 Å². The summed E-state index contributed by atoms with van der Waals surface area (Å²) in [5, 5.41) is 0. The molecule has 0 spiro atoms. The van der Waals surface area contributed by atoms with Crippen LogP contribution in [0.2, 0.25) is 0 Å². The summed E-state index contributed by atoms with van der Waals surface area (Å²) in [6.45, 7) is 0.417. The smallest absolute Gasteiger partial charge is 0.415 e. The van der Waals surface area contributed by atoms with Crippen molar-refractivity contribution in [3.63, 3.8) is 0 Å². The van der Waals surface area contributed by atoms with Crippen molar-refractivity contribution in [3.8, 4) is 0 Å². The van der Waals surface area contributed by atoms with E-state index in [2.05, 4.69) is 0 Å². The summed E-state index contributed by atoms with van der Waals surface area (Å²) < 4.78 is 5.08. The predicted molar refractivity (Wildman–Crippen MR) is 66.8 cm³/mol. The fourth-order valence-corrected chi connectivity index (χ4v) is 1.87. The van der Waals surface area contributed by atoms with E-state index in [-0.39, 0.29) is 24.5 Å². The lowest BCUT2D eigenvalue weighted by atomic mass is 10.1. The van der Waals surface area contributed by atoms with Gasteiger partial charge in [-0.2, -0.15) is 0 Å². The summed E-state index contributed by atoms with van der Waals surface area (Å²) in [4.78, 5) is 35.1. The van der Waals surface area contributed by atoms with Gasteiger partial charge in [-0.3, -0.25) is 9.69 Å². The number of rotatable bonds is 2. The lowest BCUT2D eigenvalue weighted by Gasteiger charge is -2.25. The number of hydrogen-bond acceptors (Lipinski definition) is 4. The van der Waals surface area contributed by atoms with Crippen LogP contribution in [0, 0.1) is 0 Å². The van der Waals surface area contributed by atoms with E-state index in [0.717, 1.165) is 10.5 Å². The number of ether oxygens (including phenoxy) is 1. The van der Waals surface area contributed by atoms with Crippen molar-refractivity contribution < 1.29 is 19.1 Å². The third kappa shape index (κ3) is 3.09. The number of amides is 1. The van der Waals surface area contributed by atoms with Crippen molar-refractivity contribution in [2.24, 2.45) is 0 Å². The molecule has 0 radical (unpaired) electrons. The largest absolute Gasteiger partial charge is 0.444 e. The molecular formula is C14H13NO4. The van der Waals surface area contributed by atoms with Crippen molar-refractivity contribution in [1.82, 2.24) is 4.90 Å². The zero-order valence-corrected chi connectivity index (χ0v) is 10.3. The van der Waals surface area contributed by atoms with E-state index in [1.807, 2.05) is 30.3 Å². The van der Waals surface area contributed by atoms with Gasteiger partial charge >= 0.3 is 6.09 Å². The Morgan fingerprint density at radius 1 is 1.32 bits per heavy atom. The van der Waals surface area contributed by atoms with Crippen molar-refractivity contribution in [2.75, 3.05) is 6.54 Å². The minimum Gasteiger partial charge on any atom is -0.444 e. The molecule has 1 heterocycles. The molecule has 1 saturated heterocycles. The third-order valence-corrected chi connectivity index (χ3v) is 2.84. The first-order chi connectivity index (χ1) is 9.22. The van der Waals surface area contributed by atoms with Crippen LogP contribution in [-0.4, -0.2) is 29.3 Å². The summed E-state index contributed by atoms with van der Waals surface area (Å²) in [6, 6.07) is 9.19. The maximum absolute atomic E-state index is 11.8. The van der Waals surface area contributed by atoms with Crippen LogP contribution < -0.4 is 0 Å². The minimum atomic E-state index is -0.685. The van der Waals surface area contributed by atoms with Gasteiger partial charge in [-0.25, -0.2) is 9.59 Å². The molecule has 1 fully saturated rings. The first-order valence-electron chi connectivity index (χ1n) is 5.99. The lowest BCUT2D eigenvalue weighted by Crippen LogP contribution is -2.38. The molecule has 1 aliphatic rings. The molecule has 0 saturated carbocycles. The molecular weight excluding hydrogens is 246 g/mol. The fourth-order valence-electron chi connectivity index (χ4n) is 1.87. The highest BCUT2D eigenvalue weighted by atomic mass is 16.6. The second kappa shape index (κ2) is 5.98. The number of Topliss-reactive ketones (excluding diaryl/α,β-unsaturated/α-hetero) is 1. The van der Waals surface area contributed by atoms with Gasteiger partial charge in [0.2, 0.25) is 0 Å². The zero-order valence-electron chi connectivity index (χ0n) is 10.3. The molecule has 98 valence electrons. The Hall–Kier alpha value is -2.39. The van der Waals surface area contributed by atoms with Crippen LogP contribution in [0.15, 0.2) is 36.0 Å². The number of carbonyl (C=O) groups excluding carboxylic acids is 3. The number of hydrogen-bond donors (Lipinski definition) is 0. The topological polar surface area (TPSA) is 63.7 Å². The Morgan fingerprint density at radius 3 is 2.74 bits per heavy atom. The highest BCUT2D eigenvalue weighted by Crippen LogP contribution is 2.16. The molecule has 0 bridgehead atoms. The predicted octanol–water partition coefficient (Wildman–Crippen LogP) is 1.70. The lowest BCUT2D eigenvalue weighted by molar-refractivity contribution is -0.118. The normalized spacial score (nSPS) is 15.1. The molecule has 5 heteroatoms. The number of likely N-dealkylation sites (tertiary alicyclic amines) is 1. The molecule has 1 amide bonds. The number of ketones is 1. The van der Waals surface area contributed by atoms with E-state index >= 15 is 0 Å². The first kappa shape index (κ1) is 13.1. The summed E-state index contributed by atoms with van der Waals surface area (Å²) in [7, 11) is 0. The molecule has 0 N–H and O–H groups in total. The minimum absolute atomic E-state index is 0.108. The molecule has 19 heavy (non-hydrogen) atoms. The molecule has 0 unspecified atom stereocenters. The molecule has 2 rings (SSSR count). The van der Waals surface area contributed by atoms with E-state index in [1.165, 1.54) is 5.94 Å². The maximum Gasteiger partial charge on any atom is 0.415 e. The molecule has 5 nitrogen and oxygen atoms in total. The molecule has 0 aliphatic carbocycles. The van der Waals surface area contributed by atoms with Crippen molar-refractivity contribution in [1.29, 1.82) is 0 Å². The average molecular weight is 259 g/mol. The Bertz CT molecular complexity index is 532. The van der Waals surface area contributed by atoms with E-state index in [9.17, 15) is 14.4 Å². The Kier molecular flexibility index (Phi) is 4.11. The van der Waals surface area contributed by atoms with Gasteiger partial charge in [-0.15, -0.1) is 0 Å². The summed E-state index contributed by atoms with van der Waals surface area (Å²) in [5.41, 5.74) is 0.611. The van der Waals surface area contributed by atoms with E-state index in [4.69, 9.17) is 4.74 Å². The highest BCUT2D eigenvalue weighted by Gasteiger charge is 2.29. The molecule has 1 aromatic rings.